The third-order valence-electron chi connectivity index (χ3n) is 3.24. The minimum Gasteiger partial charge on any atom is -0.380 e. The van der Waals surface area contributed by atoms with Crippen LogP contribution in [0.1, 0.15) is 11.1 Å². The highest BCUT2D eigenvalue weighted by Gasteiger charge is 2.27. The molecule has 0 saturated heterocycles. The van der Waals surface area contributed by atoms with Crippen LogP contribution < -0.4 is 10.4 Å². The summed E-state index contributed by atoms with van der Waals surface area (Å²) >= 11 is 0. The first-order valence-corrected chi connectivity index (χ1v) is 6.57. The summed E-state index contributed by atoms with van der Waals surface area (Å²) in [6.45, 7) is 0.516. The number of aromatic nitrogens is 2. The van der Waals surface area contributed by atoms with Crippen molar-refractivity contribution in [1.82, 2.24) is 15.4 Å². The molecule has 0 amide bonds. The molecule has 3 rings (SSSR count). The summed E-state index contributed by atoms with van der Waals surface area (Å²) < 4.78 is 5.05. The number of nitrogens with one attached hydrogen (secondary N) is 1. The number of ether oxygens (including phenoxy) is 1. The third kappa shape index (κ3) is 3.19. The molecule has 0 aromatic carbocycles. The number of nitrogens with zero attached hydrogens (tertiary/aromatic N) is 3. The number of aliphatic hydroxyl groups excluding tert-OH is 1. The van der Waals surface area contributed by atoms with E-state index in [2.05, 4.69) is 15.4 Å². The molecule has 116 valence electrons. The molecule has 0 radical (unpaired) electrons. The minimum absolute atomic E-state index is 0. The molecule has 0 spiro atoms. The van der Waals surface area contributed by atoms with E-state index in [0.717, 1.165) is 16.7 Å². The lowest BCUT2D eigenvalue weighted by molar-refractivity contribution is 0.184. The number of aliphatic hydroxyl groups is 1. The fourth-order valence-electron chi connectivity index (χ4n) is 2.19. The van der Waals surface area contributed by atoms with E-state index in [0.29, 0.717) is 12.4 Å². The summed E-state index contributed by atoms with van der Waals surface area (Å²) in [5.74, 6) is 0.637. The second-order valence-electron chi connectivity index (χ2n) is 4.67. The van der Waals surface area contributed by atoms with Gasteiger partial charge in [-0.05, 0) is 17.7 Å². The topological polar surface area (TPSA) is 70.5 Å². The van der Waals surface area contributed by atoms with Gasteiger partial charge in [-0.25, -0.2) is 9.99 Å². The predicted molar refractivity (Wildman–Crippen MR) is 86.0 cm³/mol. The monoisotopic (exact) mass is 320 g/mol. The van der Waals surface area contributed by atoms with Gasteiger partial charge in [0.25, 0.3) is 0 Å². The number of methoxy groups -OCH3 is 1. The van der Waals surface area contributed by atoms with E-state index in [1.807, 2.05) is 24.3 Å². The minimum atomic E-state index is -0.810. The molecule has 2 aromatic heterocycles. The van der Waals surface area contributed by atoms with Crippen LogP contribution in [-0.4, -0.2) is 28.4 Å². The molecule has 3 heterocycles. The van der Waals surface area contributed by atoms with Crippen molar-refractivity contribution in [1.29, 1.82) is 0 Å². The summed E-state index contributed by atoms with van der Waals surface area (Å²) in [5, 5.41) is 12.0. The van der Waals surface area contributed by atoms with Crippen LogP contribution in [0.3, 0.4) is 0 Å². The molecule has 1 aliphatic heterocycles. The Morgan fingerprint density at radius 3 is 2.82 bits per heavy atom. The highest BCUT2D eigenvalue weighted by molar-refractivity contribution is 5.85. The highest BCUT2D eigenvalue weighted by Crippen LogP contribution is 2.26. The lowest BCUT2D eigenvalue weighted by Gasteiger charge is -2.23. The summed E-state index contributed by atoms with van der Waals surface area (Å²) in [5.41, 5.74) is 5.63. The third-order valence-corrected chi connectivity index (χ3v) is 3.24. The van der Waals surface area contributed by atoms with Crippen LogP contribution in [0.4, 0.5) is 5.82 Å². The second-order valence-corrected chi connectivity index (χ2v) is 4.67. The van der Waals surface area contributed by atoms with Gasteiger partial charge in [0.2, 0.25) is 0 Å². The Hall–Kier alpha value is -2.15. The quantitative estimate of drug-likeness (QED) is 0.894. The van der Waals surface area contributed by atoms with E-state index in [1.165, 1.54) is 0 Å². The van der Waals surface area contributed by atoms with Crippen LogP contribution >= 0.6 is 12.4 Å². The van der Waals surface area contributed by atoms with Crippen molar-refractivity contribution >= 4 is 23.8 Å². The summed E-state index contributed by atoms with van der Waals surface area (Å²) in [6, 6.07) is 7.50. The lowest BCUT2D eigenvalue weighted by Crippen LogP contribution is -2.38. The van der Waals surface area contributed by atoms with Gasteiger partial charge in [0, 0.05) is 43.0 Å². The van der Waals surface area contributed by atoms with Crippen LogP contribution in [0.15, 0.2) is 49.1 Å². The Labute approximate surface area is 134 Å². The van der Waals surface area contributed by atoms with Gasteiger partial charge in [-0.1, -0.05) is 12.1 Å². The molecule has 6 nitrogen and oxygen atoms in total. The molecule has 0 aliphatic carbocycles. The van der Waals surface area contributed by atoms with E-state index in [-0.39, 0.29) is 12.4 Å². The van der Waals surface area contributed by atoms with Crippen LogP contribution in [-0.2, 0) is 11.3 Å². The summed E-state index contributed by atoms with van der Waals surface area (Å²) in [4.78, 5) is 8.40. The Morgan fingerprint density at radius 2 is 2.18 bits per heavy atom. The van der Waals surface area contributed by atoms with Crippen LogP contribution in [0, 0.1) is 0 Å². The SMILES string of the molecule is COCc1ccc(N2NC=C(c3cccnc3)C2O)nc1.Cl. The van der Waals surface area contributed by atoms with Crippen LogP contribution in [0.2, 0.25) is 0 Å². The van der Waals surface area contributed by atoms with Crippen LogP contribution in [0.25, 0.3) is 5.57 Å². The van der Waals surface area contributed by atoms with Gasteiger partial charge in [0.15, 0.2) is 6.23 Å². The van der Waals surface area contributed by atoms with Crippen molar-refractivity contribution in [3.63, 3.8) is 0 Å². The number of pyridine rings is 2. The highest BCUT2D eigenvalue weighted by atomic mass is 35.5. The molecule has 22 heavy (non-hydrogen) atoms. The molecule has 0 bridgehead atoms. The van der Waals surface area contributed by atoms with E-state index >= 15 is 0 Å². The number of anilines is 1. The maximum absolute atomic E-state index is 10.4. The van der Waals surface area contributed by atoms with E-state index in [9.17, 15) is 5.11 Å². The zero-order chi connectivity index (χ0) is 14.7. The lowest BCUT2D eigenvalue weighted by atomic mass is 10.1. The number of hydrogen-bond donors (Lipinski definition) is 2. The van der Waals surface area contributed by atoms with E-state index in [4.69, 9.17) is 4.74 Å². The maximum Gasteiger partial charge on any atom is 0.175 e. The summed E-state index contributed by atoms with van der Waals surface area (Å²) in [6.07, 6.45) is 6.10. The molecule has 1 unspecified atom stereocenters. The van der Waals surface area contributed by atoms with Crippen molar-refractivity contribution in [3.8, 4) is 0 Å². The predicted octanol–water partition coefficient (Wildman–Crippen LogP) is 1.73. The molecule has 2 aromatic rings. The Balaban J connectivity index is 0.00000176. The fraction of sp³-hybridized carbons (Fsp3) is 0.200. The zero-order valence-electron chi connectivity index (χ0n) is 12.0. The van der Waals surface area contributed by atoms with Crippen molar-refractivity contribution in [3.05, 3.63) is 60.2 Å². The van der Waals surface area contributed by atoms with E-state index < -0.39 is 6.23 Å². The van der Waals surface area contributed by atoms with Gasteiger partial charge >= 0.3 is 0 Å². The van der Waals surface area contributed by atoms with Gasteiger partial charge in [0.05, 0.1) is 6.61 Å². The zero-order valence-corrected chi connectivity index (χ0v) is 12.8. The number of halogens is 1. The van der Waals surface area contributed by atoms with Crippen molar-refractivity contribution in [2.45, 2.75) is 12.8 Å². The van der Waals surface area contributed by atoms with Gasteiger partial charge in [0.1, 0.15) is 5.82 Å². The number of rotatable bonds is 4. The van der Waals surface area contributed by atoms with Gasteiger partial charge in [-0.3, -0.25) is 4.98 Å². The molecular weight excluding hydrogens is 304 g/mol. The first kappa shape index (κ1) is 16.2. The van der Waals surface area contributed by atoms with Gasteiger partial charge in [-0.15, -0.1) is 12.4 Å². The molecular formula is C15H17ClN4O2. The molecule has 1 aliphatic rings. The van der Waals surface area contributed by atoms with Crippen LogP contribution in [0.5, 0.6) is 0 Å². The average Bonchev–Trinajstić information content (AvgIpc) is 2.91. The van der Waals surface area contributed by atoms with Crippen molar-refractivity contribution < 1.29 is 9.84 Å². The van der Waals surface area contributed by atoms with Gasteiger partial charge in [-0.2, -0.15) is 0 Å². The normalized spacial score (nSPS) is 16.7. The first-order chi connectivity index (χ1) is 10.3. The first-order valence-electron chi connectivity index (χ1n) is 6.57. The van der Waals surface area contributed by atoms with E-state index in [1.54, 1.807) is 36.9 Å². The number of hydrazine groups is 1. The van der Waals surface area contributed by atoms with Crippen molar-refractivity contribution in [2.24, 2.45) is 0 Å². The molecule has 0 fully saturated rings. The van der Waals surface area contributed by atoms with Crippen molar-refractivity contribution in [2.75, 3.05) is 12.1 Å². The molecule has 2 N–H and O–H groups in total. The Bertz CT molecular complexity index is 634. The Kier molecular flexibility index (Phi) is 5.32. The largest absolute Gasteiger partial charge is 0.380 e. The van der Waals surface area contributed by atoms with Gasteiger partial charge < -0.3 is 15.3 Å². The maximum atomic E-state index is 10.4. The number of hydrogen-bond acceptors (Lipinski definition) is 6. The standard InChI is InChI=1S/C15H16N4O2.ClH/c1-21-10-11-4-5-14(17-7-11)19-15(20)13(9-18-19)12-3-2-6-16-8-12;/h2-9,15,18,20H,10H2,1H3;1H. The molecule has 1 atom stereocenters. The Morgan fingerprint density at radius 1 is 1.32 bits per heavy atom. The summed E-state index contributed by atoms with van der Waals surface area (Å²) in [7, 11) is 1.64. The average molecular weight is 321 g/mol. The fourth-order valence-corrected chi connectivity index (χ4v) is 2.19. The smallest absolute Gasteiger partial charge is 0.175 e. The second kappa shape index (κ2) is 7.22. The molecule has 7 heteroatoms. The molecule has 0 saturated carbocycles.